The molecule has 3 rings (SSSR count). The molecule has 0 aliphatic carbocycles. The number of rotatable bonds is 6. The number of anilines is 2. The molecular formula is C21H21BrN2O5. The van der Waals surface area contributed by atoms with Gasteiger partial charge in [-0.25, -0.2) is 0 Å². The van der Waals surface area contributed by atoms with Crippen LogP contribution in [-0.4, -0.2) is 38.0 Å². The van der Waals surface area contributed by atoms with Crippen LogP contribution in [0, 0.1) is 12.8 Å². The maximum Gasteiger partial charge on any atom is 0.311 e. The van der Waals surface area contributed by atoms with E-state index in [1.807, 2.05) is 19.1 Å². The van der Waals surface area contributed by atoms with Crippen molar-refractivity contribution < 1.29 is 23.9 Å². The molecular weight excluding hydrogens is 440 g/mol. The molecule has 0 bridgehead atoms. The third-order valence-electron chi connectivity index (χ3n) is 4.65. The van der Waals surface area contributed by atoms with Crippen LogP contribution in [0.5, 0.6) is 5.75 Å². The number of carbonyl (C=O) groups is 3. The summed E-state index contributed by atoms with van der Waals surface area (Å²) in [5, 5.41) is 2.71. The molecule has 1 aliphatic heterocycles. The average Bonchev–Trinajstić information content (AvgIpc) is 3.10. The Labute approximate surface area is 177 Å². The lowest BCUT2D eigenvalue weighted by Crippen LogP contribution is -2.28. The molecule has 2 aromatic rings. The Hall–Kier alpha value is -2.87. The summed E-state index contributed by atoms with van der Waals surface area (Å²) in [5.41, 5.74) is 2.22. The number of nitrogens with zero attached hydrogens (tertiary/aromatic N) is 1. The molecule has 8 heteroatoms. The summed E-state index contributed by atoms with van der Waals surface area (Å²) in [7, 11) is 1.57. The fraction of sp³-hybridized carbons (Fsp3) is 0.286. The molecule has 152 valence electrons. The molecule has 1 fully saturated rings. The average molecular weight is 461 g/mol. The molecule has 0 saturated carbocycles. The van der Waals surface area contributed by atoms with Crippen molar-refractivity contribution in [3.8, 4) is 5.75 Å². The van der Waals surface area contributed by atoms with E-state index in [4.69, 9.17) is 9.47 Å². The summed E-state index contributed by atoms with van der Waals surface area (Å²) in [4.78, 5) is 38.3. The van der Waals surface area contributed by atoms with Crippen molar-refractivity contribution in [3.63, 3.8) is 0 Å². The molecule has 1 N–H and O–H groups in total. The number of halogens is 1. The lowest BCUT2D eigenvalue weighted by molar-refractivity contribution is -0.151. The summed E-state index contributed by atoms with van der Waals surface area (Å²) < 4.78 is 11.2. The van der Waals surface area contributed by atoms with Crippen molar-refractivity contribution in [1.29, 1.82) is 0 Å². The highest BCUT2D eigenvalue weighted by molar-refractivity contribution is 9.10. The molecule has 1 heterocycles. The van der Waals surface area contributed by atoms with Crippen molar-refractivity contribution >= 4 is 45.1 Å². The smallest absolute Gasteiger partial charge is 0.311 e. The van der Waals surface area contributed by atoms with E-state index in [0.29, 0.717) is 17.1 Å². The summed E-state index contributed by atoms with van der Waals surface area (Å²) in [6.07, 6.45) is 0.0539. The Kier molecular flexibility index (Phi) is 6.53. The second-order valence-corrected chi connectivity index (χ2v) is 7.63. The van der Waals surface area contributed by atoms with Crippen LogP contribution in [0.15, 0.2) is 46.9 Å². The minimum Gasteiger partial charge on any atom is -0.497 e. The molecule has 0 aromatic heterocycles. The number of methoxy groups -OCH3 is 1. The van der Waals surface area contributed by atoms with Crippen LogP contribution in [0.2, 0.25) is 0 Å². The van der Waals surface area contributed by atoms with Gasteiger partial charge in [-0.05, 0) is 55.0 Å². The zero-order valence-electron chi connectivity index (χ0n) is 16.1. The Morgan fingerprint density at radius 3 is 2.59 bits per heavy atom. The largest absolute Gasteiger partial charge is 0.497 e. The molecule has 0 radical (unpaired) electrons. The topological polar surface area (TPSA) is 84.9 Å². The number of hydrogen-bond acceptors (Lipinski definition) is 5. The zero-order valence-corrected chi connectivity index (χ0v) is 17.7. The molecule has 7 nitrogen and oxygen atoms in total. The molecule has 0 spiro atoms. The van der Waals surface area contributed by atoms with Gasteiger partial charge in [0, 0.05) is 28.8 Å². The van der Waals surface area contributed by atoms with E-state index in [1.165, 1.54) is 4.90 Å². The van der Waals surface area contributed by atoms with E-state index >= 15 is 0 Å². The van der Waals surface area contributed by atoms with Gasteiger partial charge in [-0.2, -0.15) is 0 Å². The Morgan fingerprint density at radius 2 is 1.93 bits per heavy atom. The predicted molar refractivity (Wildman–Crippen MR) is 112 cm³/mol. The first kappa shape index (κ1) is 20.9. The maximum atomic E-state index is 12.3. The van der Waals surface area contributed by atoms with Crippen LogP contribution in [0.1, 0.15) is 12.0 Å². The molecule has 2 aromatic carbocycles. The molecule has 29 heavy (non-hydrogen) atoms. The van der Waals surface area contributed by atoms with E-state index in [2.05, 4.69) is 21.2 Å². The second-order valence-electron chi connectivity index (χ2n) is 6.72. The highest BCUT2D eigenvalue weighted by atomic mass is 79.9. The lowest BCUT2D eigenvalue weighted by atomic mass is 10.1. The van der Waals surface area contributed by atoms with Gasteiger partial charge in [0.1, 0.15) is 5.75 Å². The molecule has 1 saturated heterocycles. The first-order valence-electron chi connectivity index (χ1n) is 9.04. The van der Waals surface area contributed by atoms with Gasteiger partial charge in [0.15, 0.2) is 6.61 Å². The Balaban J connectivity index is 1.52. The summed E-state index contributed by atoms with van der Waals surface area (Å²) in [6, 6.07) is 12.5. The molecule has 2 amide bonds. The van der Waals surface area contributed by atoms with Crippen LogP contribution < -0.4 is 15.0 Å². The van der Waals surface area contributed by atoms with Crippen molar-refractivity contribution in [2.24, 2.45) is 5.92 Å². The fourth-order valence-electron chi connectivity index (χ4n) is 3.09. The van der Waals surface area contributed by atoms with E-state index in [9.17, 15) is 14.4 Å². The van der Waals surface area contributed by atoms with Gasteiger partial charge in [0.05, 0.1) is 13.0 Å². The summed E-state index contributed by atoms with van der Waals surface area (Å²) >= 11 is 3.36. The van der Waals surface area contributed by atoms with Gasteiger partial charge in [-0.3, -0.25) is 14.4 Å². The van der Waals surface area contributed by atoms with Crippen molar-refractivity contribution in [2.45, 2.75) is 13.3 Å². The zero-order chi connectivity index (χ0) is 21.0. The van der Waals surface area contributed by atoms with Crippen molar-refractivity contribution in [1.82, 2.24) is 0 Å². The van der Waals surface area contributed by atoms with Crippen LogP contribution in [-0.2, 0) is 19.1 Å². The normalized spacial score (nSPS) is 15.9. The first-order chi connectivity index (χ1) is 13.9. The maximum absolute atomic E-state index is 12.3. The molecule has 1 aliphatic rings. The number of amides is 2. The van der Waals surface area contributed by atoms with E-state index in [0.717, 1.165) is 10.0 Å². The monoisotopic (exact) mass is 460 g/mol. The fourth-order valence-corrected chi connectivity index (χ4v) is 3.56. The van der Waals surface area contributed by atoms with E-state index in [-0.39, 0.29) is 18.9 Å². The van der Waals surface area contributed by atoms with Crippen LogP contribution in [0.4, 0.5) is 11.4 Å². The lowest BCUT2D eigenvalue weighted by Gasteiger charge is -2.17. The SMILES string of the molecule is COc1ccc(N2C[C@@H](C(=O)OCC(=O)Nc3ccc(Br)cc3C)CC2=O)cc1. The number of carbonyl (C=O) groups excluding carboxylic acids is 3. The standard InChI is InChI=1S/C21H21BrN2O5/c1-13-9-15(22)3-8-18(13)23-19(25)12-29-21(27)14-10-20(26)24(11-14)16-4-6-17(28-2)7-5-16/h3-9,14H,10-12H2,1-2H3,(H,23,25)/t14-/m0/s1. The van der Waals surface area contributed by atoms with Crippen molar-refractivity contribution in [2.75, 3.05) is 30.5 Å². The van der Waals surface area contributed by atoms with Crippen LogP contribution in [0.25, 0.3) is 0 Å². The van der Waals surface area contributed by atoms with Gasteiger partial charge < -0.3 is 19.7 Å². The third kappa shape index (κ3) is 5.14. The minimum absolute atomic E-state index is 0.0539. The van der Waals surface area contributed by atoms with Gasteiger partial charge >= 0.3 is 5.97 Å². The number of benzene rings is 2. The Morgan fingerprint density at radius 1 is 1.21 bits per heavy atom. The van der Waals surface area contributed by atoms with E-state index < -0.39 is 24.4 Å². The van der Waals surface area contributed by atoms with E-state index in [1.54, 1.807) is 37.4 Å². The number of aryl methyl sites for hydroxylation is 1. The molecule has 1 atom stereocenters. The quantitative estimate of drug-likeness (QED) is 0.668. The summed E-state index contributed by atoms with van der Waals surface area (Å²) in [5.74, 6) is -1.07. The minimum atomic E-state index is -0.605. The van der Waals surface area contributed by atoms with Crippen LogP contribution in [0.3, 0.4) is 0 Å². The number of hydrogen-bond donors (Lipinski definition) is 1. The Bertz CT molecular complexity index is 929. The van der Waals surface area contributed by atoms with Gasteiger partial charge in [0.2, 0.25) is 5.91 Å². The van der Waals surface area contributed by atoms with Crippen molar-refractivity contribution in [3.05, 3.63) is 52.5 Å². The van der Waals surface area contributed by atoms with Gasteiger partial charge in [-0.15, -0.1) is 0 Å². The number of nitrogens with one attached hydrogen (secondary N) is 1. The molecule has 0 unspecified atom stereocenters. The first-order valence-corrected chi connectivity index (χ1v) is 9.83. The highest BCUT2D eigenvalue weighted by Crippen LogP contribution is 2.27. The van der Waals surface area contributed by atoms with Gasteiger partial charge in [-0.1, -0.05) is 15.9 Å². The highest BCUT2D eigenvalue weighted by Gasteiger charge is 2.36. The van der Waals surface area contributed by atoms with Crippen LogP contribution >= 0.6 is 15.9 Å². The third-order valence-corrected chi connectivity index (χ3v) is 5.14. The predicted octanol–water partition coefficient (Wildman–Crippen LogP) is 3.30. The number of esters is 1. The number of ether oxygens (including phenoxy) is 2. The summed E-state index contributed by atoms with van der Waals surface area (Å²) in [6.45, 7) is 1.68. The second kappa shape index (κ2) is 9.09. The van der Waals surface area contributed by atoms with Gasteiger partial charge in [0.25, 0.3) is 5.91 Å².